The van der Waals surface area contributed by atoms with E-state index in [9.17, 15) is 13.6 Å². The topological polar surface area (TPSA) is 84.1 Å². The van der Waals surface area contributed by atoms with E-state index in [2.05, 4.69) is 20.2 Å². The van der Waals surface area contributed by atoms with Crippen LogP contribution in [-0.4, -0.2) is 60.7 Å². The van der Waals surface area contributed by atoms with Crippen LogP contribution in [0.5, 0.6) is 0 Å². The van der Waals surface area contributed by atoms with Gasteiger partial charge in [0.1, 0.15) is 0 Å². The summed E-state index contributed by atoms with van der Waals surface area (Å²) in [5, 5.41) is 12.5. The van der Waals surface area contributed by atoms with Gasteiger partial charge in [-0.05, 0) is 29.8 Å². The van der Waals surface area contributed by atoms with Gasteiger partial charge in [-0.25, -0.2) is 5.01 Å². The molecule has 0 atom stereocenters. The molecule has 0 aliphatic carbocycles. The van der Waals surface area contributed by atoms with Gasteiger partial charge in [0.15, 0.2) is 0 Å². The van der Waals surface area contributed by atoms with E-state index in [4.69, 9.17) is 9.15 Å². The van der Waals surface area contributed by atoms with E-state index in [-0.39, 0.29) is 11.8 Å². The van der Waals surface area contributed by atoms with Crippen LogP contribution in [0.25, 0.3) is 11.5 Å². The molecule has 10 heteroatoms. The molecule has 0 radical (unpaired) electrons. The summed E-state index contributed by atoms with van der Waals surface area (Å²) in [4.78, 5) is 15.1. The van der Waals surface area contributed by atoms with Crippen molar-refractivity contribution in [2.24, 2.45) is 5.10 Å². The van der Waals surface area contributed by atoms with E-state index >= 15 is 0 Å². The molecule has 8 nitrogen and oxygen atoms in total. The number of ether oxygens (including phenoxy) is 1. The van der Waals surface area contributed by atoms with Crippen molar-refractivity contribution in [3.63, 3.8) is 0 Å². The maximum atomic E-state index is 13.0. The van der Waals surface area contributed by atoms with Gasteiger partial charge in [-0.2, -0.15) is 13.9 Å². The summed E-state index contributed by atoms with van der Waals surface area (Å²) in [5.74, 6) is -0.940. The summed E-state index contributed by atoms with van der Waals surface area (Å²) in [7, 11) is 1.59. The van der Waals surface area contributed by atoms with Crippen molar-refractivity contribution in [1.29, 1.82) is 0 Å². The zero-order chi connectivity index (χ0) is 22.5. The number of morpholine rings is 1. The third-order valence-corrected chi connectivity index (χ3v) is 4.95. The van der Waals surface area contributed by atoms with Crippen LogP contribution in [0.2, 0.25) is 0 Å². The van der Waals surface area contributed by atoms with Gasteiger partial charge in [0.2, 0.25) is 5.89 Å². The molecule has 4 rings (SSSR count). The van der Waals surface area contributed by atoms with E-state index in [1.54, 1.807) is 37.4 Å². The van der Waals surface area contributed by atoms with E-state index in [1.807, 2.05) is 18.2 Å². The fourth-order valence-corrected chi connectivity index (χ4v) is 3.27. The number of benzene rings is 2. The third-order valence-electron chi connectivity index (χ3n) is 4.95. The summed E-state index contributed by atoms with van der Waals surface area (Å²) in [6, 6.07) is 14.2. The molecule has 0 bridgehead atoms. The largest absolute Gasteiger partial charge is 0.415 e. The average molecular weight is 441 g/mol. The van der Waals surface area contributed by atoms with Crippen LogP contribution in [0.15, 0.2) is 58.0 Å². The molecule has 1 saturated heterocycles. The van der Waals surface area contributed by atoms with Crippen molar-refractivity contribution in [1.82, 2.24) is 15.2 Å². The highest BCUT2D eigenvalue weighted by Crippen LogP contribution is 2.24. The molecule has 1 amide bonds. The number of anilines is 1. The minimum Gasteiger partial charge on any atom is -0.415 e. The summed E-state index contributed by atoms with van der Waals surface area (Å²) < 4.78 is 35.5. The second-order valence-electron chi connectivity index (χ2n) is 7.06. The van der Waals surface area contributed by atoms with Crippen molar-refractivity contribution < 1.29 is 22.7 Å². The highest BCUT2D eigenvalue weighted by molar-refractivity contribution is 6.00. The van der Waals surface area contributed by atoms with Gasteiger partial charge in [0.25, 0.3) is 11.8 Å². The first-order valence-corrected chi connectivity index (χ1v) is 9.98. The number of halogens is 2. The molecule has 3 aromatic rings. The SMILES string of the molecule is CN(/N=C/c1ccc(-c2nnc(C(F)F)o2)cc1)C(=O)c1ccccc1N1CCOCC1. The molecule has 1 aliphatic heterocycles. The molecule has 2 heterocycles. The smallest absolute Gasteiger partial charge is 0.314 e. The quantitative estimate of drug-likeness (QED) is 0.429. The number of amides is 1. The Hall–Kier alpha value is -3.66. The fraction of sp³-hybridized carbons (Fsp3) is 0.273. The van der Waals surface area contributed by atoms with Gasteiger partial charge in [0, 0.05) is 31.4 Å². The van der Waals surface area contributed by atoms with Crippen LogP contribution in [0, 0.1) is 0 Å². The zero-order valence-corrected chi connectivity index (χ0v) is 17.3. The first kappa shape index (κ1) is 21.6. The summed E-state index contributed by atoms with van der Waals surface area (Å²) >= 11 is 0. The Morgan fingerprint density at radius 2 is 1.84 bits per heavy atom. The first-order valence-electron chi connectivity index (χ1n) is 9.98. The molecule has 0 N–H and O–H groups in total. The Kier molecular flexibility index (Phi) is 6.50. The molecule has 0 spiro atoms. The number of alkyl halides is 2. The van der Waals surface area contributed by atoms with Crippen LogP contribution in [-0.2, 0) is 4.74 Å². The molecule has 1 aromatic heterocycles. The number of hydrogen-bond acceptors (Lipinski definition) is 7. The Morgan fingerprint density at radius 3 is 2.53 bits per heavy atom. The number of aromatic nitrogens is 2. The number of para-hydroxylation sites is 1. The van der Waals surface area contributed by atoms with Crippen molar-refractivity contribution in [2.75, 3.05) is 38.3 Å². The Balaban J connectivity index is 1.45. The summed E-state index contributed by atoms with van der Waals surface area (Å²) in [5.41, 5.74) is 2.64. The van der Waals surface area contributed by atoms with Gasteiger partial charge < -0.3 is 14.1 Å². The van der Waals surface area contributed by atoms with Crippen molar-refractivity contribution >= 4 is 17.8 Å². The van der Waals surface area contributed by atoms with E-state index < -0.39 is 12.3 Å². The molecular weight excluding hydrogens is 420 g/mol. The highest BCUT2D eigenvalue weighted by atomic mass is 19.3. The van der Waals surface area contributed by atoms with Crippen molar-refractivity contribution in [3.8, 4) is 11.5 Å². The maximum Gasteiger partial charge on any atom is 0.314 e. The average Bonchev–Trinajstić information content (AvgIpc) is 3.34. The van der Waals surface area contributed by atoms with E-state index in [0.717, 1.165) is 18.8 Å². The summed E-state index contributed by atoms with van der Waals surface area (Å²) in [6.45, 7) is 2.70. The fourth-order valence-electron chi connectivity index (χ4n) is 3.27. The number of rotatable bonds is 6. The Morgan fingerprint density at radius 1 is 1.12 bits per heavy atom. The first-order chi connectivity index (χ1) is 15.5. The van der Waals surface area contributed by atoms with Gasteiger partial charge in [-0.15, -0.1) is 10.2 Å². The minimum absolute atomic E-state index is 0.0100. The van der Waals surface area contributed by atoms with Gasteiger partial charge in [-0.1, -0.05) is 24.3 Å². The Labute approximate surface area is 183 Å². The van der Waals surface area contributed by atoms with Crippen LogP contribution < -0.4 is 4.90 Å². The van der Waals surface area contributed by atoms with Gasteiger partial charge in [0.05, 0.1) is 25.0 Å². The zero-order valence-electron chi connectivity index (χ0n) is 17.3. The van der Waals surface area contributed by atoms with Gasteiger partial charge in [-0.3, -0.25) is 4.79 Å². The predicted octanol–water partition coefficient (Wildman–Crippen LogP) is 3.62. The minimum atomic E-state index is -2.82. The molecule has 0 saturated carbocycles. The monoisotopic (exact) mass is 441 g/mol. The van der Waals surface area contributed by atoms with Crippen LogP contribution in [0.3, 0.4) is 0 Å². The van der Waals surface area contributed by atoms with Crippen LogP contribution in [0.4, 0.5) is 14.5 Å². The lowest BCUT2D eigenvalue weighted by Gasteiger charge is -2.30. The molecule has 166 valence electrons. The third kappa shape index (κ3) is 4.80. The van der Waals surface area contributed by atoms with Crippen molar-refractivity contribution in [3.05, 3.63) is 65.5 Å². The number of hydrazone groups is 1. The summed E-state index contributed by atoms with van der Waals surface area (Å²) in [6.07, 6.45) is -1.28. The number of carbonyl (C=O) groups is 1. The van der Waals surface area contributed by atoms with Gasteiger partial charge >= 0.3 is 6.43 Å². The normalized spacial score (nSPS) is 14.3. The molecule has 2 aromatic carbocycles. The molecule has 1 fully saturated rings. The molecule has 1 aliphatic rings. The lowest BCUT2D eigenvalue weighted by Crippen LogP contribution is -2.37. The second-order valence-corrected chi connectivity index (χ2v) is 7.06. The lowest BCUT2D eigenvalue weighted by atomic mass is 10.1. The number of hydrogen-bond donors (Lipinski definition) is 0. The van der Waals surface area contributed by atoms with E-state index in [1.165, 1.54) is 11.2 Å². The molecule has 0 unspecified atom stereocenters. The number of carbonyl (C=O) groups excluding carboxylic acids is 1. The van der Waals surface area contributed by atoms with Crippen LogP contribution >= 0.6 is 0 Å². The predicted molar refractivity (Wildman–Crippen MR) is 114 cm³/mol. The van der Waals surface area contributed by atoms with Crippen LogP contribution in [0.1, 0.15) is 28.2 Å². The standard InChI is InChI=1S/C22H21F2N5O3/c1-28(22(30)17-4-2-3-5-18(17)29-10-12-31-13-11-29)25-14-15-6-8-16(9-7-15)20-26-27-21(32-20)19(23)24/h2-9,14,19H,10-13H2,1H3/b25-14+. The van der Waals surface area contributed by atoms with E-state index in [0.29, 0.717) is 29.9 Å². The lowest BCUT2D eigenvalue weighted by molar-refractivity contribution is 0.0799. The highest BCUT2D eigenvalue weighted by Gasteiger charge is 2.20. The molecule has 32 heavy (non-hydrogen) atoms. The second kappa shape index (κ2) is 9.65. The molecular formula is C22H21F2N5O3. The Bertz CT molecular complexity index is 1090. The van der Waals surface area contributed by atoms with Crippen molar-refractivity contribution in [2.45, 2.75) is 6.43 Å². The maximum absolute atomic E-state index is 13.0. The number of nitrogens with zero attached hydrogens (tertiary/aromatic N) is 5.